The molecule has 0 radical (unpaired) electrons. The van der Waals surface area contributed by atoms with Crippen molar-refractivity contribution in [1.82, 2.24) is 64.6 Å². The Morgan fingerprint density at radius 3 is 1.39 bits per heavy atom. The van der Waals surface area contributed by atoms with Gasteiger partial charge in [-0.15, -0.1) is 0 Å². The van der Waals surface area contributed by atoms with Gasteiger partial charge in [-0.1, -0.05) is 52.0 Å². The van der Waals surface area contributed by atoms with Crippen LogP contribution in [0.15, 0.2) is 77.6 Å². The molecule has 3 fully saturated rings. The number of ether oxygens (including phenoxy) is 4. The molecule has 34 nitrogen and oxygen atoms in total. The largest absolute Gasteiger partial charge is 0.508 e. The summed E-state index contributed by atoms with van der Waals surface area (Å²) in [5.74, 6) is -5.18. The maximum Gasteiger partial charge on any atom is 0.348 e. The zero-order chi connectivity index (χ0) is 89.2. The number of hydrogen-bond acceptors (Lipinski definition) is 26. The molecule has 1 aromatic heterocycles. The molecule has 121 heavy (non-hydrogen) atoms. The first-order valence-corrected chi connectivity index (χ1v) is 41.7. The highest BCUT2D eigenvalue weighted by Gasteiger charge is 2.36. The Bertz CT molecular complexity index is 4440. The zero-order valence-corrected chi connectivity index (χ0v) is 73.3. The molecule has 8 rings (SSSR count). The highest BCUT2D eigenvalue weighted by molar-refractivity contribution is 6.22. The van der Waals surface area contributed by atoms with Gasteiger partial charge >= 0.3 is 35.6 Å². The highest BCUT2D eigenvalue weighted by Crippen LogP contribution is 2.38. The Morgan fingerprint density at radius 1 is 0.521 bits per heavy atom. The molecule has 0 aliphatic carbocycles. The van der Waals surface area contributed by atoms with E-state index < -0.39 is 87.6 Å². The lowest BCUT2D eigenvalue weighted by Crippen LogP contribution is -2.53. The van der Waals surface area contributed by atoms with Crippen LogP contribution in [0, 0.1) is 5.41 Å². The molecule has 4 aromatic carbocycles. The molecule has 0 bridgehead atoms. The number of rotatable bonds is 29. The second-order valence-electron chi connectivity index (χ2n) is 35.9. The molecule has 4 heterocycles. The number of urea groups is 1. The van der Waals surface area contributed by atoms with Gasteiger partial charge in [0, 0.05) is 156 Å². The Balaban J connectivity index is 0.961. The number of anilines is 1. The third kappa shape index (κ3) is 29.7. The molecule has 3 aliphatic rings. The highest BCUT2D eigenvalue weighted by atomic mass is 16.6. The van der Waals surface area contributed by atoms with Gasteiger partial charge in [0.1, 0.15) is 63.3 Å². The predicted molar refractivity (Wildman–Crippen MR) is 456 cm³/mol. The van der Waals surface area contributed by atoms with Gasteiger partial charge in [-0.2, -0.15) is 5.10 Å². The number of aromatic hydroxyl groups is 4. The summed E-state index contributed by atoms with van der Waals surface area (Å²) in [6, 6.07) is 16.3. The van der Waals surface area contributed by atoms with E-state index in [1.54, 1.807) is 135 Å². The SMILES string of the molecule is CC(C)c1cc(C(=N)N(C(N)=O)c2ccc(CN3CCN(C(=O)CCNC(=O)[C@@H](CCC(=O)N4CCN(Cc5ccc(-n6c(-c7cc(C(C)C)c(O)cc7O)n[nH]c6=O)cc5)CC4)NC(=O)CC[C@H](C(=O)OC(C)(C)C)N4CCN(CC(=O)OC(C)(C)C)CCN(CC(=O)OC(C)(C)C)CCN(CC(=O)OC(C)(C)C)CC4)CC3)cc2)c(O)cc1O. The topological polar surface area (TPSA) is 425 Å². The average molecular weight is 1690 g/mol. The summed E-state index contributed by atoms with van der Waals surface area (Å²) in [4.78, 5) is 155. The lowest BCUT2D eigenvalue weighted by Gasteiger charge is -2.37. The zero-order valence-electron chi connectivity index (χ0n) is 73.3. The van der Waals surface area contributed by atoms with Crippen molar-refractivity contribution in [3.05, 3.63) is 111 Å². The van der Waals surface area contributed by atoms with Crippen LogP contribution in [-0.2, 0) is 70.4 Å². The second-order valence-corrected chi connectivity index (χ2v) is 35.9. The first-order chi connectivity index (χ1) is 56.7. The van der Waals surface area contributed by atoms with Crippen LogP contribution in [0.2, 0.25) is 0 Å². The normalized spacial score (nSPS) is 16.3. The maximum atomic E-state index is 14.8. The summed E-state index contributed by atoms with van der Waals surface area (Å²) < 4.78 is 24.8. The number of H-pyrrole nitrogens is 1. The summed E-state index contributed by atoms with van der Waals surface area (Å²) in [7, 11) is 0. The van der Waals surface area contributed by atoms with Gasteiger partial charge in [0.05, 0.1) is 42.1 Å². The van der Waals surface area contributed by atoms with Gasteiger partial charge < -0.3 is 65.5 Å². The van der Waals surface area contributed by atoms with Crippen LogP contribution in [0.4, 0.5) is 10.5 Å². The number of benzene rings is 4. The van der Waals surface area contributed by atoms with E-state index in [1.165, 1.54) is 16.7 Å². The van der Waals surface area contributed by atoms with Crippen molar-refractivity contribution >= 4 is 65.1 Å². The van der Waals surface area contributed by atoms with Gasteiger partial charge in [-0.3, -0.25) is 73.2 Å². The van der Waals surface area contributed by atoms with Gasteiger partial charge in [0.2, 0.25) is 23.6 Å². The van der Waals surface area contributed by atoms with E-state index in [0.717, 1.165) is 22.1 Å². The minimum Gasteiger partial charge on any atom is -0.508 e. The minimum atomic E-state index is -1.29. The van der Waals surface area contributed by atoms with Gasteiger partial charge in [0.15, 0.2) is 5.82 Å². The summed E-state index contributed by atoms with van der Waals surface area (Å²) in [5.41, 5.74) is 5.75. The summed E-state index contributed by atoms with van der Waals surface area (Å²) in [6.45, 7) is 34.3. The van der Waals surface area contributed by atoms with Gasteiger partial charge in [-0.25, -0.2) is 24.2 Å². The van der Waals surface area contributed by atoms with E-state index in [1.807, 2.05) is 59.4 Å². The molecule has 3 aliphatic heterocycles. The van der Waals surface area contributed by atoms with E-state index in [9.17, 15) is 68.4 Å². The van der Waals surface area contributed by atoms with Gasteiger partial charge in [0.25, 0.3) is 0 Å². The number of aromatic nitrogens is 3. The smallest absolute Gasteiger partial charge is 0.348 e. The number of piperazine rings is 2. The van der Waals surface area contributed by atoms with Crippen molar-refractivity contribution in [2.75, 3.05) is 136 Å². The fraction of sp³-hybridized carbons (Fsp3) is 0.586. The number of aromatic amines is 1. The fourth-order valence-corrected chi connectivity index (χ4v) is 14.6. The number of amides is 6. The second kappa shape index (κ2) is 42.3. The van der Waals surface area contributed by atoms with E-state index in [0.29, 0.717) is 82.3 Å². The fourth-order valence-electron chi connectivity index (χ4n) is 14.6. The summed E-state index contributed by atoms with van der Waals surface area (Å²) in [5, 5.41) is 63.8. The standard InChI is InChI=1S/C87H128N16O18/c1-56(2)62-47-64(70(106)49-68(62)104)78(88)102(82(89)116)60-21-17-58(18-22-60)51-95-39-45-101(46-40-95)74(110)29-30-90-80(114)66(25-28-73(109)100-43-37-94(38-44-100)52-59-19-23-61(24-20-59)103-79(92-93-83(103)117)65-48-63(57(3)4)69(105)50-71(65)107)91-72(108)27-26-67(81(115)121-87(14,15)16)99-41-35-97(54-76(112)119-85(8,9)10)33-31-96(53-75(111)118-84(5,6)7)32-34-98(36-42-99)55-77(113)120-86(11,12)13/h17-24,47-50,56-57,66-67,88,104-107H,25-46,51-55H2,1-16H3,(H2,89,116)(H,90,114)(H,91,108)(H,93,117)/t66-,67-/m1/s1. The molecule has 0 unspecified atom stereocenters. The number of phenols is 4. The first kappa shape index (κ1) is 95.9. The Hall–Kier alpha value is -10.5. The van der Waals surface area contributed by atoms with Crippen LogP contribution in [0.5, 0.6) is 23.0 Å². The average Bonchev–Trinajstić information content (AvgIpc) is 1.64. The number of nitrogens with zero attached hydrogens (tertiary/aromatic N) is 11. The molecule has 5 aromatic rings. The molecule has 10 N–H and O–H groups in total. The summed E-state index contributed by atoms with van der Waals surface area (Å²) >= 11 is 0. The molecular weight excluding hydrogens is 1560 g/mol. The van der Waals surface area contributed by atoms with E-state index in [4.69, 9.17) is 30.1 Å². The predicted octanol–water partition coefficient (Wildman–Crippen LogP) is 6.70. The number of carbonyl (C=O) groups excluding carboxylic acids is 9. The monoisotopic (exact) mass is 1680 g/mol. The lowest BCUT2D eigenvalue weighted by atomic mass is 9.98. The number of nitrogens with one attached hydrogen (secondary N) is 4. The first-order valence-electron chi connectivity index (χ1n) is 41.7. The van der Waals surface area contributed by atoms with Crippen molar-refractivity contribution in [3.63, 3.8) is 0 Å². The van der Waals surface area contributed by atoms with Crippen molar-refractivity contribution in [2.24, 2.45) is 5.73 Å². The Morgan fingerprint density at radius 2 is 0.942 bits per heavy atom. The lowest BCUT2D eigenvalue weighted by molar-refractivity contribution is -0.163. The number of amidine groups is 1. The van der Waals surface area contributed by atoms with Crippen LogP contribution in [0.25, 0.3) is 17.1 Å². The van der Waals surface area contributed by atoms with Crippen molar-refractivity contribution < 1.29 is 82.5 Å². The Kier molecular flexibility index (Phi) is 33.6. The van der Waals surface area contributed by atoms with Crippen molar-refractivity contribution in [3.8, 4) is 40.1 Å². The number of nitrogens with two attached hydrogens (primary N) is 1. The third-order valence-electron chi connectivity index (χ3n) is 20.7. The van der Waals surface area contributed by atoms with Crippen LogP contribution < -0.4 is 27.0 Å². The quantitative estimate of drug-likeness (QED) is 0.0104. The minimum absolute atomic E-state index is 0.00933. The third-order valence-corrected chi connectivity index (χ3v) is 20.7. The van der Waals surface area contributed by atoms with E-state index >= 15 is 0 Å². The molecule has 6 amide bonds. The number of carbonyl (C=O) groups is 9. The molecule has 664 valence electrons. The molecule has 0 spiro atoms. The van der Waals surface area contributed by atoms with Crippen molar-refractivity contribution in [1.29, 1.82) is 5.41 Å². The number of esters is 4. The molecule has 3 saturated heterocycles. The van der Waals surface area contributed by atoms with Crippen molar-refractivity contribution in [2.45, 2.75) is 202 Å². The van der Waals surface area contributed by atoms with Crippen LogP contribution >= 0.6 is 0 Å². The van der Waals surface area contributed by atoms with E-state index in [-0.39, 0.29) is 180 Å². The van der Waals surface area contributed by atoms with E-state index in [2.05, 4.69) is 30.6 Å². The number of phenolic OH excluding ortho intramolecular Hbond substituents is 4. The molecule has 2 atom stereocenters. The van der Waals surface area contributed by atoms with Crippen LogP contribution in [0.1, 0.15) is 183 Å². The maximum absolute atomic E-state index is 14.8. The van der Waals surface area contributed by atoms with Crippen LogP contribution in [-0.4, -0.2) is 299 Å². The molecule has 0 saturated carbocycles. The molecular formula is C87H128N16O18. The summed E-state index contributed by atoms with van der Waals surface area (Å²) in [6.07, 6.45) is -0.833. The molecule has 34 heteroatoms. The van der Waals surface area contributed by atoms with Crippen LogP contribution in [0.3, 0.4) is 0 Å². The number of primary amides is 1. The van der Waals surface area contributed by atoms with Gasteiger partial charge in [-0.05, 0) is 166 Å². The number of hydrogen-bond donors (Lipinski definition) is 9. The Labute approximate surface area is 709 Å².